The Morgan fingerprint density at radius 2 is 1.95 bits per heavy atom. The third kappa shape index (κ3) is 3.19. The van der Waals surface area contributed by atoms with Gasteiger partial charge in [0.15, 0.2) is 0 Å². The van der Waals surface area contributed by atoms with Crippen LogP contribution in [0.4, 0.5) is 5.69 Å². The number of carbonyl (C=O) groups is 1. The molecule has 0 aromatic heterocycles. The minimum atomic E-state index is -0.599. The van der Waals surface area contributed by atoms with Gasteiger partial charge < -0.3 is 16.2 Å². The monoisotopic (exact) mass is 340 g/mol. The molecule has 0 radical (unpaired) electrons. The molecule has 0 unspecified atom stereocenters. The summed E-state index contributed by atoms with van der Waals surface area (Å²) in [5.74, 6) is 0.439. The van der Waals surface area contributed by atoms with Gasteiger partial charge in [0.2, 0.25) is 0 Å². The molecule has 0 saturated heterocycles. The van der Waals surface area contributed by atoms with Crippen LogP contribution in [0.5, 0.6) is 11.5 Å². The summed E-state index contributed by atoms with van der Waals surface area (Å²) in [5.41, 5.74) is 11.4. The summed E-state index contributed by atoms with van der Waals surface area (Å²) in [6.07, 6.45) is 0. The van der Waals surface area contributed by atoms with Crippen molar-refractivity contribution in [1.82, 2.24) is 0 Å². The first-order valence-corrected chi connectivity index (χ1v) is 6.46. The van der Waals surface area contributed by atoms with E-state index in [-0.39, 0.29) is 5.56 Å². The molecule has 19 heavy (non-hydrogen) atoms. The number of ether oxygens (including phenoxy) is 1. The van der Waals surface area contributed by atoms with E-state index in [2.05, 4.69) is 15.9 Å². The van der Waals surface area contributed by atoms with Gasteiger partial charge >= 0.3 is 0 Å². The maximum Gasteiger partial charge on any atom is 0.250 e. The van der Waals surface area contributed by atoms with Crippen molar-refractivity contribution in [2.75, 3.05) is 5.73 Å². The Kier molecular flexibility index (Phi) is 3.97. The number of benzene rings is 2. The number of hydrogen-bond donors (Lipinski definition) is 2. The van der Waals surface area contributed by atoms with Crippen LogP contribution in [-0.2, 0) is 0 Å². The molecule has 0 aliphatic rings. The van der Waals surface area contributed by atoms with Crippen molar-refractivity contribution in [2.45, 2.75) is 0 Å². The van der Waals surface area contributed by atoms with Gasteiger partial charge in [-0.25, -0.2) is 0 Å². The Morgan fingerprint density at radius 1 is 1.21 bits per heavy atom. The minimum Gasteiger partial charge on any atom is -0.456 e. The third-order valence-corrected chi connectivity index (χ3v) is 3.27. The molecule has 0 aliphatic heterocycles. The third-order valence-electron chi connectivity index (χ3n) is 2.41. The van der Waals surface area contributed by atoms with Gasteiger partial charge in [-0.1, -0.05) is 11.6 Å². The smallest absolute Gasteiger partial charge is 0.250 e. The lowest BCUT2D eigenvalue weighted by Gasteiger charge is -2.10. The quantitative estimate of drug-likeness (QED) is 0.838. The molecular formula is C13H10BrClN2O2. The number of carbonyl (C=O) groups excluding carboxylic acids is 1. The maximum absolute atomic E-state index is 11.2. The van der Waals surface area contributed by atoms with E-state index in [4.69, 9.17) is 27.8 Å². The van der Waals surface area contributed by atoms with Gasteiger partial charge in [0.1, 0.15) is 11.5 Å². The zero-order chi connectivity index (χ0) is 14.0. The van der Waals surface area contributed by atoms with E-state index in [1.807, 2.05) is 0 Å². The van der Waals surface area contributed by atoms with Gasteiger partial charge in [0, 0.05) is 10.7 Å². The second-order valence-corrected chi connectivity index (χ2v) is 5.08. The van der Waals surface area contributed by atoms with Crippen molar-refractivity contribution >= 4 is 39.1 Å². The number of halogens is 2. The Bertz CT molecular complexity index is 647. The van der Waals surface area contributed by atoms with Crippen molar-refractivity contribution in [2.24, 2.45) is 5.73 Å². The molecule has 0 atom stereocenters. The van der Waals surface area contributed by atoms with Crippen molar-refractivity contribution < 1.29 is 9.53 Å². The average Bonchev–Trinajstić information content (AvgIpc) is 2.34. The van der Waals surface area contributed by atoms with Gasteiger partial charge in [-0.2, -0.15) is 0 Å². The number of rotatable bonds is 3. The van der Waals surface area contributed by atoms with Gasteiger partial charge in [0.05, 0.1) is 10.0 Å². The fourth-order valence-corrected chi connectivity index (χ4v) is 2.26. The molecule has 98 valence electrons. The predicted molar refractivity (Wildman–Crippen MR) is 78.6 cm³/mol. The summed E-state index contributed by atoms with van der Waals surface area (Å²) < 4.78 is 6.35. The standard InChI is InChI=1S/C13H10BrClN2O2/c14-10-5-7(15)1-4-12(10)19-8-2-3-11(16)9(6-8)13(17)18/h1-6H,16H2,(H2,17,18). The van der Waals surface area contributed by atoms with Crippen LogP contribution in [-0.4, -0.2) is 5.91 Å². The van der Waals surface area contributed by atoms with Crippen molar-refractivity contribution in [3.63, 3.8) is 0 Å². The van der Waals surface area contributed by atoms with E-state index in [1.54, 1.807) is 30.3 Å². The topological polar surface area (TPSA) is 78.3 Å². The number of nitrogens with two attached hydrogens (primary N) is 2. The molecular weight excluding hydrogens is 332 g/mol. The van der Waals surface area contributed by atoms with Crippen molar-refractivity contribution in [3.05, 3.63) is 51.5 Å². The normalized spacial score (nSPS) is 10.2. The maximum atomic E-state index is 11.2. The average molecular weight is 342 g/mol. The summed E-state index contributed by atoms with van der Waals surface area (Å²) in [6, 6.07) is 9.85. The van der Waals surface area contributed by atoms with Crippen molar-refractivity contribution in [3.8, 4) is 11.5 Å². The number of primary amides is 1. The summed E-state index contributed by atoms with van der Waals surface area (Å²) >= 11 is 9.18. The molecule has 4 nitrogen and oxygen atoms in total. The van der Waals surface area contributed by atoms with E-state index < -0.39 is 5.91 Å². The molecule has 0 spiro atoms. The zero-order valence-electron chi connectivity index (χ0n) is 9.69. The van der Waals surface area contributed by atoms with E-state index in [0.717, 1.165) is 0 Å². The van der Waals surface area contributed by atoms with Crippen LogP contribution < -0.4 is 16.2 Å². The minimum absolute atomic E-state index is 0.225. The molecule has 0 bridgehead atoms. The first kappa shape index (κ1) is 13.7. The van der Waals surface area contributed by atoms with Gasteiger partial charge in [0.25, 0.3) is 5.91 Å². The largest absolute Gasteiger partial charge is 0.456 e. The second kappa shape index (κ2) is 5.50. The van der Waals surface area contributed by atoms with E-state index in [1.165, 1.54) is 6.07 Å². The van der Waals surface area contributed by atoms with E-state index in [0.29, 0.717) is 26.7 Å². The van der Waals surface area contributed by atoms with Crippen LogP contribution in [0.3, 0.4) is 0 Å². The molecule has 6 heteroatoms. The highest BCUT2D eigenvalue weighted by Crippen LogP contribution is 2.32. The molecule has 0 heterocycles. The highest BCUT2D eigenvalue weighted by molar-refractivity contribution is 9.10. The molecule has 1 amide bonds. The van der Waals surface area contributed by atoms with Gasteiger partial charge in [-0.3, -0.25) is 4.79 Å². The Balaban J connectivity index is 2.33. The highest BCUT2D eigenvalue weighted by Gasteiger charge is 2.09. The SMILES string of the molecule is NC(=O)c1cc(Oc2ccc(Cl)cc2Br)ccc1N. The van der Waals surface area contributed by atoms with Crippen molar-refractivity contribution in [1.29, 1.82) is 0 Å². The van der Waals surface area contributed by atoms with Crippen LogP contribution in [0.2, 0.25) is 5.02 Å². The van der Waals surface area contributed by atoms with Crippen LogP contribution in [0.25, 0.3) is 0 Å². The Hall–Kier alpha value is -1.72. The first-order valence-electron chi connectivity index (χ1n) is 5.29. The van der Waals surface area contributed by atoms with Gasteiger partial charge in [-0.15, -0.1) is 0 Å². The number of hydrogen-bond acceptors (Lipinski definition) is 3. The number of nitrogen functional groups attached to an aromatic ring is 1. The zero-order valence-corrected chi connectivity index (χ0v) is 12.0. The molecule has 0 saturated carbocycles. The molecule has 0 fully saturated rings. The van der Waals surface area contributed by atoms with Crippen LogP contribution in [0.1, 0.15) is 10.4 Å². The van der Waals surface area contributed by atoms with Crippen LogP contribution in [0.15, 0.2) is 40.9 Å². The van der Waals surface area contributed by atoms with Gasteiger partial charge in [-0.05, 0) is 52.3 Å². The fourth-order valence-electron chi connectivity index (χ4n) is 1.50. The summed E-state index contributed by atoms with van der Waals surface area (Å²) in [5, 5.41) is 0.592. The van der Waals surface area contributed by atoms with Crippen LogP contribution in [0, 0.1) is 0 Å². The number of amides is 1. The highest BCUT2D eigenvalue weighted by atomic mass is 79.9. The Labute approximate surface area is 123 Å². The molecule has 4 N–H and O–H groups in total. The molecule has 0 aliphatic carbocycles. The predicted octanol–water partition coefficient (Wildman–Crippen LogP) is 3.58. The summed E-state index contributed by atoms with van der Waals surface area (Å²) in [7, 11) is 0. The molecule has 2 aromatic rings. The second-order valence-electron chi connectivity index (χ2n) is 3.79. The Morgan fingerprint density at radius 3 is 2.58 bits per heavy atom. The fraction of sp³-hybridized carbons (Fsp3) is 0. The first-order chi connectivity index (χ1) is 8.97. The lowest BCUT2D eigenvalue weighted by molar-refractivity contribution is 0.100. The number of anilines is 1. The lowest BCUT2D eigenvalue weighted by atomic mass is 10.1. The molecule has 2 aromatic carbocycles. The summed E-state index contributed by atoms with van der Waals surface area (Å²) in [4.78, 5) is 11.2. The van der Waals surface area contributed by atoms with E-state index in [9.17, 15) is 4.79 Å². The lowest BCUT2D eigenvalue weighted by Crippen LogP contribution is -2.13. The van der Waals surface area contributed by atoms with E-state index >= 15 is 0 Å². The summed E-state index contributed by atoms with van der Waals surface area (Å²) in [6.45, 7) is 0. The molecule has 2 rings (SSSR count). The van der Waals surface area contributed by atoms with Crippen LogP contribution >= 0.6 is 27.5 Å².